The van der Waals surface area contributed by atoms with Gasteiger partial charge in [-0.15, -0.1) is 0 Å². The van der Waals surface area contributed by atoms with Crippen molar-refractivity contribution in [2.45, 2.75) is 111 Å². The summed E-state index contributed by atoms with van der Waals surface area (Å²) < 4.78 is 6.83. The van der Waals surface area contributed by atoms with Crippen LogP contribution in [-0.4, -0.2) is 12.3 Å². The molecule has 0 radical (unpaired) electrons. The molecule has 1 aromatic rings. The summed E-state index contributed by atoms with van der Waals surface area (Å²) >= 11 is 0. The van der Waals surface area contributed by atoms with Gasteiger partial charge in [-0.3, -0.25) is 0 Å². The van der Waals surface area contributed by atoms with E-state index in [9.17, 15) is 4.79 Å². The maximum Gasteiger partial charge on any atom is 0.137 e. The monoisotopic (exact) mass is 364 g/mol. The first-order valence-electron chi connectivity index (χ1n) is 9.03. The average Bonchev–Trinajstić information content (AvgIpc) is 2.68. The molecule has 0 aromatic heterocycles. The zero-order valence-electron chi connectivity index (χ0n) is 17.2. The Bertz CT molecular complexity index is 241. The molecule has 0 bridgehead atoms. The summed E-state index contributed by atoms with van der Waals surface area (Å²) in [5, 5.41) is 0. The molecular formula is C23H57NO. The van der Waals surface area contributed by atoms with Gasteiger partial charge in [0, 0.05) is 0 Å². The van der Waals surface area contributed by atoms with E-state index in [0.717, 1.165) is 11.8 Å². The van der Waals surface area contributed by atoms with Gasteiger partial charge in [0.15, 0.2) is 0 Å². The SMILES string of the molecule is C.C.C.C.CC.CC.CC.CC.CC.[2H]N[C@H](C=O)Cc1ccccc1. The van der Waals surface area contributed by atoms with E-state index in [1.807, 2.05) is 99.6 Å². The van der Waals surface area contributed by atoms with E-state index >= 15 is 0 Å². The Hall–Kier alpha value is -1.15. The van der Waals surface area contributed by atoms with Gasteiger partial charge in [-0.05, 0) is 12.0 Å². The van der Waals surface area contributed by atoms with E-state index in [1.165, 1.54) is 0 Å². The molecule has 0 spiro atoms. The van der Waals surface area contributed by atoms with E-state index in [-0.39, 0.29) is 29.7 Å². The smallest absolute Gasteiger partial charge is 0.137 e. The van der Waals surface area contributed by atoms with Crippen LogP contribution in [0.4, 0.5) is 0 Å². The van der Waals surface area contributed by atoms with Gasteiger partial charge in [-0.2, -0.15) is 0 Å². The quantitative estimate of drug-likeness (QED) is 0.544. The zero-order valence-corrected chi connectivity index (χ0v) is 16.2. The molecule has 25 heavy (non-hydrogen) atoms. The van der Waals surface area contributed by atoms with E-state index in [2.05, 4.69) is 5.73 Å². The number of nitrogens with two attached hydrogens (primary N) is 1. The summed E-state index contributed by atoms with van der Waals surface area (Å²) in [6, 6.07) is 9.24. The third-order valence-electron chi connectivity index (χ3n) is 1.46. The summed E-state index contributed by atoms with van der Waals surface area (Å²) in [5.74, 6) is 0. The van der Waals surface area contributed by atoms with Crippen molar-refractivity contribution >= 4 is 6.29 Å². The van der Waals surface area contributed by atoms with E-state index < -0.39 is 6.04 Å². The molecule has 1 rings (SSSR count). The van der Waals surface area contributed by atoms with Crippen LogP contribution in [0, 0.1) is 0 Å². The predicted octanol–water partition coefficient (Wildman–Crippen LogP) is 8.43. The van der Waals surface area contributed by atoms with Gasteiger partial charge in [0.1, 0.15) is 7.70 Å². The normalized spacial score (nSPS) is 7.20. The van der Waals surface area contributed by atoms with Crippen LogP contribution >= 0.6 is 0 Å². The van der Waals surface area contributed by atoms with Gasteiger partial charge in [0.2, 0.25) is 0 Å². The lowest BCUT2D eigenvalue weighted by Gasteiger charge is -2.02. The second kappa shape index (κ2) is 77.7. The van der Waals surface area contributed by atoms with Crippen molar-refractivity contribution < 1.29 is 6.21 Å². The first kappa shape index (κ1) is 49.6. The highest BCUT2D eigenvalue weighted by molar-refractivity contribution is 5.57. The molecule has 0 amide bonds. The Balaban J connectivity index is -0.0000000259. The van der Waals surface area contributed by atoms with Crippen molar-refractivity contribution in [3.05, 3.63) is 35.9 Å². The second-order valence-electron chi connectivity index (χ2n) is 2.43. The molecule has 1 aromatic carbocycles. The molecule has 0 aliphatic rings. The van der Waals surface area contributed by atoms with E-state index in [4.69, 9.17) is 1.41 Å². The van der Waals surface area contributed by atoms with Crippen LogP contribution in [0.15, 0.2) is 30.3 Å². The summed E-state index contributed by atoms with van der Waals surface area (Å²) in [4.78, 5) is 10.4. The van der Waals surface area contributed by atoms with Crippen LogP contribution in [0.1, 0.15) is 105 Å². The third kappa shape index (κ3) is 60.2. The van der Waals surface area contributed by atoms with E-state index in [0.29, 0.717) is 6.42 Å². The Morgan fingerprint density at radius 2 is 1.12 bits per heavy atom. The molecule has 2 N–H and O–H groups in total. The van der Waals surface area contributed by atoms with Crippen molar-refractivity contribution in [3.8, 4) is 0 Å². The molecule has 0 heterocycles. The number of carbonyl (C=O) groups excluding carboxylic acids is 1. The van der Waals surface area contributed by atoms with Crippen molar-refractivity contribution in [2.24, 2.45) is 5.73 Å². The molecule has 0 fully saturated rings. The largest absolute Gasteiger partial charge is 0.321 e. The van der Waals surface area contributed by atoms with Crippen molar-refractivity contribution in [2.75, 3.05) is 0 Å². The molecule has 0 unspecified atom stereocenters. The molecular weight excluding hydrogens is 306 g/mol. The Kier molecular flexibility index (Phi) is 154. The fourth-order valence-electron chi connectivity index (χ4n) is 0.916. The number of hydrogen-bond donors (Lipinski definition) is 1. The minimum atomic E-state index is -0.396. The minimum Gasteiger partial charge on any atom is -0.321 e. The molecule has 0 aliphatic carbocycles. The van der Waals surface area contributed by atoms with Crippen molar-refractivity contribution in [1.82, 2.24) is 0 Å². The first-order chi connectivity index (χ1) is 10.9. The highest BCUT2D eigenvalue weighted by Gasteiger charge is 1.99. The summed E-state index contributed by atoms with van der Waals surface area (Å²) in [6.07, 6.45) is 1.33. The lowest BCUT2D eigenvalue weighted by molar-refractivity contribution is -0.108. The predicted molar refractivity (Wildman–Crippen MR) is 128 cm³/mol. The molecule has 2 heteroatoms. The number of carbonyl (C=O) groups is 1. The van der Waals surface area contributed by atoms with Gasteiger partial charge in [0.25, 0.3) is 0 Å². The molecule has 0 saturated heterocycles. The van der Waals surface area contributed by atoms with Crippen molar-refractivity contribution in [1.29, 1.82) is 0 Å². The average molecular weight is 365 g/mol. The van der Waals surface area contributed by atoms with Gasteiger partial charge in [0.05, 0.1) is 6.04 Å². The van der Waals surface area contributed by atoms with Crippen LogP contribution in [0.3, 0.4) is 0 Å². The van der Waals surface area contributed by atoms with Gasteiger partial charge in [-0.1, -0.05) is 129 Å². The Labute approximate surface area is 166 Å². The maximum atomic E-state index is 10.4. The zero-order chi connectivity index (χ0) is 18.8. The fourth-order valence-corrected chi connectivity index (χ4v) is 0.916. The third-order valence-corrected chi connectivity index (χ3v) is 1.46. The molecule has 0 saturated carbocycles. The number of aldehydes is 1. The Morgan fingerprint density at radius 3 is 1.36 bits per heavy atom. The summed E-state index contributed by atoms with van der Waals surface area (Å²) in [7, 11) is 0. The minimum absolute atomic E-state index is 0. The molecule has 1 atom stereocenters. The fraction of sp³-hybridized carbons (Fsp3) is 0.696. The van der Waals surface area contributed by atoms with Gasteiger partial charge < -0.3 is 10.5 Å². The number of hydrogen-bond acceptors (Lipinski definition) is 2. The standard InChI is InChI=1S/C9H11NO.5C2H6.4CH4/c10-9(7-11)6-8-4-2-1-3-5-8;5*1-2;;;;/h1-5,7,9H,6,10H2;5*1-2H3;4*1H4/t9-;;;;;;;;;/m0........./s1/i/hD. The summed E-state index contributed by atoms with van der Waals surface area (Å²) in [6.45, 7) is 20.0. The second-order valence-corrected chi connectivity index (χ2v) is 2.43. The molecule has 160 valence electrons. The highest BCUT2D eigenvalue weighted by atomic mass is 16.1. The van der Waals surface area contributed by atoms with Crippen LogP contribution in [0.2, 0.25) is 1.41 Å². The van der Waals surface area contributed by atoms with Crippen molar-refractivity contribution in [3.63, 3.8) is 0 Å². The van der Waals surface area contributed by atoms with Gasteiger partial charge in [-0.25, -0.2) is 0 Å². The van der Waals surface area contributed by atoms with Crippen LogP contribution in [0.5, 0.6) is 0 Å². The first-order valence-corrected chi connectivity index (χ1v) is 8.53. The maximum absolute atomic E-state index is 10.4. The molecule has 0 aliphatic heterocycles. The highest BCUT2D eigenvalue weighted by Crippen LogP contribution is 1.99. The lowest BCUT2D eigenvalue weighted by atomic mass is 10.1. The Morgan fingerprint density at radius 1 is 0.800 bits per heavy atom. The number of rotatable bonds is 4. The van der Waals surface area contributed by atoms with Crippen LogP contribution < -0.4 is 5.73 Å². The topological polar surface area (TPSA) is 43.1 Å². The number of benzene rings is 1. The van der Waals surface area contributed by atoms with E-state index in [1.54, 1.807) is 0 Å². The molecule has 2 nitrogen and oxygen atoms in total. The van der Waals surface area contributed by atoms with Crippen LogP contribution in [0.25, 0.3) is 0 Å². The summed E-state index contributed by atoms with van der Waals surface area (Å²) in [5.41, 5.74) is 3.25. The van der Waals surface area contributed by atoms with Crippen LogP contribution in [-0.2, 0) is 11.2 Å². The lowest BCUT2D eigenvalue weighted by Crippen LogP contribution is -2.23. The van der Waals surface area contributed by atoms with Gasteiger partial charge >= 0.3 is 0 Å².